The van der Waals surface area contributed by atoms with Gasteiger partial charge in [0.1, 0.15) is 24.0 Å². The SMILES string of the molecule is C=CN/C(C)=N/C=N\[C@H](C)C(CC(=C)Cl)Oc1ccccc1. The van der Waals surface area contributed by atoms with Crippen molar-refractivity contribution in [3.8, 4) is 5.75 Å². The molecule has 0 radical (unpaired) electrons. The van der Waals surface area contributed by atoms with E-state index in [0.717, 1.165) is 5.75 Å². The number of hydrogen-bond acceptors (Lipinski definition) is 2. The van der Waals surface area contributed by atoms with Gasteiger partial charge in [0, 0.05) is 11.5 Å². The Balaban J connectivity index is 2.73. The third-order valence-electron chi connectivity index (χ3n) is 2.86. The number of halogens is 1. The van der Waals surface area contributed by atoms with Crippen LogP contribution in [0.15, 0.2) is 64.7 Å². The second-order valence-electron chi connectivity index (χ2n) is 4.76. The van der Waals surface area contributed by atoms with Gasteiger partial charge in [0.25, 0.3) is 0 Å². The molecule has 2 atom stereocenters. The molecule has 0 aliphatic heterocycles. The molecule has 0 amide bonds. The number of aliphatic imine (C=N–C) groups is 2. The van der Waals surface area contributed by atoms with Gasteiger partial charge in [0.05, 0.1) is 6.04 Å². The lowest BCUT2D eigenvalue weighted by Gasteiger charge is -2.22. The minimum absolute atomic E-state index is 0.115. The number of hydrogen-bond donors (Lipinski definition) is 1. The molecule has 5 heteroatoms. The third kappa shape index (κ3) is 7.09. The first-order valence-electron chi connectivity index (χ1n) is 7.01. The summed E-state index contributed by atoms with van der Waals surface area (Å²) in [6, 6.07) is 9.46. The number of benzene rings is 1. The predicted octanol–water partition coefficient (Wildman–Crippen LogP) is 4.14. The average Bonchev–Trinajstić information content (AvgIpc) is 2.47. The molecule has 0 bridgehead atoms. The highest BCUT2D eigenvalue weighted by Crippen LogP contribution is 2.20. The molecule has 0 heterocycles. The molecule has 0 aliphatic carbocycles. The molecular weight excluding hydrogens is 298 g/mol. The van der Waals surface area contributed by atoms with Gasteiger partial charge in [-0.05, 0) is 32.2 Å². The van der Waals surface area contributed by atoms with E-state index in [1.54, 1.807) is 6.20 Å². The summed E-state index contributed by atoms with van der Waals surface area (Å²) in [6.07, 6.45) is 3.39. The van der Waals surface area contributed by atoms with E-state index in [1.165, 1.54) is 6.34 Å². The highest BCUT2D eigenvalue weighted by molar-refractivity contribution is 6.29. The summed E-state index contributed by atoms with van der Waals surface area (Å²) in [7, 11) is 0. The molecule has 118 valence electrons. The summed E-state index contributed by atoms with van der Waals surface area (Å²) >= 11 is 5.93. The maximum Gasteiger partial charge on any atom is 0.126 e. The third-order valence-corrected chi connectivity index (χ3v) is 3.01. The van der Waals surface area contributed by atoms with Crippen molar-refractivity contribution in [3.63, 3.8) is 0 Å². The second-order valence-corrected chi connectivity index (χ2v) is 5.29. The monoisotopic (exact) mass is 319 g/mol. The van der Waals surface area contributed by atoms with E-state index in [1.807, 2.05) is 44.2 Å². The van der Waals surface area contributed by atoms with Crippen molar-refractivity contribution in [2.24, 2.45) is 9.98 Å². The molecule has 1 aromatic rings. The summed E-state index contributed by atoms with van der Waals surface area (Å²) in [6.45, 7) is 11.1. The van der Waals surface area contributed by atoms with E-state index in [2.05, 4.69) is 28.5 Å². The molecule has 0 aromatic heterocycles. The topological polar surface area (TPSA) is 46.0 Å². The Morgan fingerprint density at radius 2 is 2.09 bits per heavy atom. The van der Waals surface area contributed by atoms with Gasteiger partial charge in [-0.3, -0.25) is 4.99 Å². The van der Waals surface area contributed by atoms with Crippen molar-refractivity contribution in [3.05, 3.63) is 54.7 Å². The summed E-state index contributed by atoms with van der Waals surface area (Å²) < 4.78 is 5.95. The van der Waals surface area contributed by atoms with Crippen LogP contribution >= 0.6 is 11.6 Å². The van der Waals surface area contributed by atoms with Gasteiger partial charge in [-0.2, -0.15) is 0 Å². The number of nitrogens with zero attached hydrogens (tertiary/aromatic N) is 2. The normalized spacial score (nSPS) is 14.4. The van der Waals surface area contributed by atoms with Crippen molar-refractivity contribution < 1.29 is 4.74 Å². The Hall–Kier alpha value is -2.07. The fourth-order valence-corrected chi connectivity index (χ4v) is 1.86. The molecule has 0 spiro atoms. The van der Waals surface area contributed by atoms with Gasteiger partial charge in [-0.1, -0.05) is 43.0 Å². The Bertz CT molecular complexity index is 540. The molecule has 1 unspecified atom stereocenters. The molecule has 0 saturated heterocycles. The van der Waals surface area contributed by atoms with Crippen LogP contribution < -0.4 is 10.1 Å². The van der Waals surface area contributed by atoms with E-state index < -0.39 is 0 Å². The van der Waals surface area contributed by atoms with Crippen LogP contribution in [-0.4, -0.2) is 24.3 Å². The first-order valence-corrected chi connectivity index (χ1v) is 7.39. The van der Waals surface area contributed by atoms with Gasteiger partial charge in [0.15, 0.2) is 0 Å². The van der Waals surface area contributed by atoms with Crippen LogP contribution in [0, 0.1) is 0 Å². The van der Waals surface area contributed by atoms with Crippen molar-refractivity contribution in [2.45, 2.75) is 32.4 Å². The Labute approximate surface area is 137 Å². The first-order chi connectivity index (χ1) is 10.5. The summed E-state index contributed by atoms with van der Waals surface area (Å²) in [5.41, 5.74) is 0. The lowest BCUT2D eigenvalue weighted by Crippen LogP contribution is -2.28. The van der Waals surface area contributed by atoms with Crippen LogP contribution in [0.2, 0.25) is 0 Å². The fraction of sp³-hybridized carbons (Fsp3) is 0.294. The molecule has 22 heavy (non-hydrogen) atoms. The number of rotatable bonds is 8. The highest BCUT2D eigenvalue weighted by atomic mass is 35.5. The predicted molar refractivity (Wildman–Crippen MR) is 94.9 cm³/mol. The van der Waals surface area contributed by atoms with Crippen LogP contribution in [0.25, 0.3) is 0 Å². The van der Waals surface area contributed by atoms with Gasteiger partial charge < -0.3 is 10.1 Å². The lowest BCUT2D eigenvalue weighted by molar-refractivity contribution is 0.180. The Morgan fingerprint density at radius 1 is 1.41 bits per heavy atom. The maximum absolute atomic E-state index is 5.95. The zero-order chi connectivity index (χ0) is 16.4. The quantitative estimate of drug-likeness (QED) is 0.578. The second kappa shape index (κ2) is 9.79. The van der Waals surface area contributed by atoms with E-state index in [9.17, 15) is 0 Å². The summed E-state index contributed by atoms with van der Waals surface area (Å²) in [5, 5.41) is 3.41. The Morgan fingerprint density at radius 3 is 2.68 bits per heavy atom. The van der Waals surface area contributed by atoms with Crippen LogP contribution in [0.3, 0.4) is 0 Å². The van der Waals surface area contributed by atoms with E-state index >= 15 is 0 Å². The van der Waals surface area contributed by atoms with Crippen molar-refractivity contribution >= 4 is 23.8 Å². The molecule has 0 fully saturated rings. The van der Waals surface area contributed by atoms with Crippen LogP contribution in [-0.2, 0) is 0 Å². The van der Waals surface area contributed by atoms with Gasteiger partial charge in [0.2, 0.25) is 0 Å². The zero-order valence-electron chi connectivity index (χ0n) is 13.0. The molecule has 1 N–H and O–H groups in total. The van der Waals surface area contributed by atoms with Crippen molar-refractivity contribution in [2.75, 3.05) is 0 Å². The molecule has 0 aliphatic rings. The minimum atomic E-state index is -0.202. The average molecular weight is 320 g/mol. The van der Waals surface area contributed by atoms with E-state index in [0.29, 0.717) is 17.3 Å². The van der Waals surface area contributed by atoms with E-state index in [4.69, 9.17) is 16.3 Å². The largest absolute Gasteiger partial charge is 0.488 e. The number of amidine groups is 1. The molecule has 4 nitrogen and oxygen atoms in total. The maximum atomic E-state index is 5.95. The van der Waals surface area contributed by atoms with E-state index in [-0.39, 0.29) is 12.1 Å². The van der Waals surface area contributed by atoms with Crippen molar-refractivity contribution in [1.29, 1.82) is 0 Å². The number of para-hydroxylation sites is 1. The lowest BCUT2D eigenvalue weighted by atomic mass is 10.1. The smallest absolute Gasteiger partial charge is 0.126 e. The molecule has 1 rings (SSSR count). The molecule has 1 aromatic carbocycles. The van der Waals surface area contributed by atoms with Crippen LogP contribution in [0.5, 0.6) is 5.75 Å². The first kappa shape index (κ1) is 18.0. The molecule has 0 saturated carbocycles. The van der Waals surface area contributed by atoms with Gasteiger partial charge in [-0.25, -0.2) is 4.99 Å². The van der Waals surface area contributed by atoms with Gasteiger partial charge in [-0.15, -0.1) is 0 Å². The number of nitrogens with one attached hydrogen (secondary N) is 1. The van der Waals surface area contributed by atoms with Gasteiger partial charge >= 0.3 is 0 Å². The molecular formula is C17H22ClN3O. The van der Waals surface area contributed by atoms with Crippen LogP contribution in [0.1, 0.15) is 20.3 Å². The summed E-state index contributed by atoms with van der Waals surface area (Å²) in [5.74, 6) is 1.49. The Kier molecular flexibility index (Phi) is 8.00. The van der Waals surface area contributed by atoms with Crippen LogP contribution in [0.4, 0.5) is 0 Å². The van der Waals surface area contributed by atoms with Crippen molar-refractivity contribution in [1.82, 2.24) is 5.32 Å². The fourth-order valence-electron chi connectivity index (χ4n) is 1.71. The highest BCUT2D eigenvalue weighted by Gasteiger charge is 2.19. The summed E-state index contributed by atoms with van der Waals surface area (Å²) in [4.78, 5) is 8.54. The zero-order valence-corrected chi connectivity index (χ0v) is 13.8. The minimum Gasteiger partial charge on any atom is -0.488 e. The number of ether oxygens (including phenoxy) is 1. The standard InChI is InChI=1S/C17H22ClN3O/c1-5-19-15(4)21-12-20-14(3)17(11-13(2)18)22-16-9-7-6-8-10-16/h5-10,12,14,17H,1-2,11H2,3-4H3,(H,19,20,21)/t14-,17?/m1/s1.